The minimum atomic E-state index is -0.751. The second-order valence-electron chi connectivity index (χ2n) is 4.59. The fraction of sp³-hybridized carbons (Fsp3) is 0.467. The van der Waals surface area contributed by atoms with E-state index in [9.17, 15) is 9.59 Å². The molecule has 110 valence electrons. The molecule has 1 aromatic rings. The van der Waals surface area contributed by atoms with E-state index in [1.54, 1.807) is 20.8 Å². The molecule has 1 atom stereocenters. The molecule has 0 aliphatic heterocycles. The first kappa shape index (κ1) is 16.0. The van der Waals surface area contributed by atoms with Crippen molar-refractivity contribution < 1.29 is 19.1 Å². The van der Waals surface area contributed by atoms with Crippen LogP contribution in [-0.4, -0.2) is 30.8 Å². The molecule has 0 spiro atoms. The van der Waals surface area contributed by atoms with Gasteiger partial charge in [-0.05, 0) is 26.3 Å². The van der Waals surface area contributed by atoms with Gasteiger partial charge in [-0.3, -0.25) is 0 Å². The van der Waals surface area contributed by atoms with E-state index in [-0.39, 0.29) is 12.7 Å². The highest BCUT2D eigenvalue weighted by Crippen LogP contribution is 2.06. The summed E-state index contributed by atoms with van der Waals surface area (Å²) in [6, 6.07) is 8.68. The van der Waals surface area contributed by atoms with Gasteiger partial charge in [-0.1, -0.05) is 30.3 Å². The molecule has 1 aromatic carbocycles. The van der Waals surface area contributed by atoms with Gasteiger partial charge in [0.1, 0.15) is 6.04 Å². The molecule has 5 heteroatoms. The van der Waals surface area contributed by atoms with Gasteiger partial charge in [-0.15, -0.1) is 0 Å². The van der Waals surface area contributed by atoms with Crippen LogP contribution in [0, 0.1) is 0 Å². The lowest BCUT2D eigenvalue weighted by Crippen LogP contribution is -2.44. The Morgan fingerprint density at radius 3 is 2.40 bits per heavy atom. The summed E-state index contributed by atoms with van der Waals surface area (Å²) in [5.74, 6) is -0.461. The van der Waals surface area contributed by atoms with Crippen LogP contribution in [0.1, 0.15) is 26.3 Å². The first-order valence-corrected chi connectivity index (χ1v) is 6.70. The van der Waals surface area contributed by atoms with E-state index in [1.807, 2.05) is 30.3 Å². The van der Waals surface area contributed by atoms with Crippen molar-refractivity contribution in [2.24, 2.45) is 0 Å². The van der Waals surface area contributed by atoms with E-state index in [2.05, 4.69) is 5.32 Å². The lowest BCUT2D eigenvalue weighted by atomic mass is 10.1. The van der Waals surface area contributed by atoms with Gasteiger partial charge in [0.15, 0.2) is 0 Å². The number of ether oxygens (including phenoxy) is 2. The summed E-state index contributed by atoms with van der Waals surface area (Å²) in [7, 11) is 0. The van der Waals surface area contributed by atoms with Gasteiger partial charge >= 0.3 is 12.1 Å². The molecule has 1 N–H and O–H groups in total. The van der Waals surface area contributed by atoms with Crippen molar-refractivity contribution >= 4 is 12.1 Å². The maximum atomic E-state index is 12.0. The Kier molecular flexibility index (Phi) is 6.56. The van der Waals surface area contributed by atoms with Crippen LogP contribution in [0.2, 0.25) is 0 Å². The van der Waals surface area contributed by atoms with Crippen LogP contribution >= 0.6 is 0 Å². The van der Waals surface area contributed by atoms with Crippen molar-refractivity contribution in [3.63, 3.8) is 0 Å². The zero-order valence-electron chi connectivity index (χ0n) is 12.1. The molecule has 1 rings (SSSR count). The lowest BCUT2D eigenvalue weighted by Gasteiger charge is -2.19. The van der Waals surface area contributed by atoms with Gasteiger partial charge in [-0.2, -0.15) is 0 Å². The summed E-state index contributed by atoms with van der Waals surface area (Å²) < 4.78 is 9.96. The molecule has 0 heterocycles. The summed E-state index contributed by atoms with van der Waals surface area (Å²) in [6.07, 6.45) is -0.482. The fourth-order valence-electron chi connectivity index (χ4n) is 1.67. The van der Waals surface area contributed by atoms with E-state index >= 15 is 0 Å². The third-order valence-corrected chi connectivity index (χ3v) is 2.49. The Hall–Kier alpha value is -2.04. The number of esters is 1. The highest BCUT2D eigenvalue weighted by Gasteiger charge is 2.24. The standard InChI is InChI=1S/C15H21NO4/c1-4-19-15(18)16-13(14(17)20-11(2)3)10-12-8-6-5-7-9-12/h5-9,11,13H,4,10H2,1-3H3,(H,16,18). The van der Waals surface area contributed by atoms with Gasteiger partial charge in [0.05, 0.1) is 12.7 Å². The van der Waals surface area contributed by atoms with Crippen molar-refractivity contribution in [1.82, 2.24) is 5.32 Å². The van der Waals surface area contributed by atoms with E-state index in [0.717, 1.165) is 5.56 Å². The topological polar surface area (TPSA) is 64.6 Å². The monoisotopic (exact) mass is 279 g/mol. The third-order valence-electron chi connectivity index (χ3n) is 2.49. The number of hydrogen-bond donors (Lipinski definition) is 1. The summed E-state index contributed by atoms with van der Waals surface area (Å²) >= 11 is 0. The Bertz CT molecular complexity index is 431. The second kappa shape index (κ2) is 8.19. The van der Waals surface area contributed by atoms with E-state index in [1.165, 1.54) is 0 Å². The van der Waals surface area contributed by atoms with Crippen molar-refractivity contribution in [1.29, 1.82) is 0 Å². The number of nitrogens with one attached hydrogen (secondary N) is 1. The number of carbonyl (C=O) groups excluding carboxylic acids is 2. The van der Waals surface area contributed by atoms with Crippen LogP contribution in [0.3, 0.4) is 0 Å². The van der Waals surface area contributed by atoms with Crippen molar-refractivity contribution in [2.75, 3.05) is 6.61 Å². The van der Waals surface area contributed by atoms with Crippen LogP contribution in [0.4, 0.5) is 4.79 Å². The first-order chi connectivity index (χ1) is 9.52. The molecule has 0 saturated heterocycles. The van der Waals surface area contributed by atoms with Crippen molar-refractivity contribution in [3.05, 3.63) is 35.9 Å². The normalized spacial score (nSPS) is 11.8. The Labute approximate surface area is 119 Å². The summed E-state index contributed by atoms with van der Waals surface area (Å²) in [5.41, 5.74) is 0.940. The molecule has 0 aliphatic rings. The number of hydrogen-bond acceptors (Lipinski definition) is 4. The first-order valence-electron chi connectivity index (χ1n) is 6.70. The van der Waals surface area contributed by atoms with Crippen LogP contribution in [-0.2, 0) is 20.7 Å². The average Bonchev–Trinajstić information content (AvgIpc) is 2.38. The molecule has 5 nitrogen and oxygen atoms in total. The maximum Gasteiger partial charge on any atom is 0.407 e. The molecule has 0 bridgehead atoms. The van der Waals surface area contributed by atoms with Crippen LogP contribution < -0.4 is 5.32 Å². The molecular weight excluding hydrogens is 258 g/mol. The Balaban J connectivity index is 2.73. The minimum Gasteiger partial charge on any atom is -0.461 e. The minimum absolute atomic E-state index is 0.232. The van der Waals surface area contributed by atoms with Gasteiger partial charge in [-0.25, -0.2) is 9.59 Å². The number of carbonyl (C=O) groups is 2. The smallest absolute Gasteiger partial charge is 0.407 e. The molecule has 0 saturated carbocycles. The predicted molar refractivity (Wildman–Crippen MR) is 75.3 cm³/mol. The number of rotatable bonds is 6. The van der Waals surface area contributed by atoms with Crippen molar-refractivity contribution in [3.8, 4) is 0 Å². The highest BCUT2D eigenvalue weighted by molar-refractivity contribution is 5.81. The van der Waals surface area contributed by atoms with Gasteiger partial charge < -0.3 is 14.8 Å². The maximum absolute atomic E-state index is 12.0. The fourth-order valence-corrected chi connectivity index (χ4v) is 1.67. The number of amides is 1. The zero-order chi connectivity index (χ0) is 15.0. The third kappa shape index (κ3) is 5.73. The highest BCUT2D eigenvalue weighted by atomic mass is 16.6. The van der Waals surface area contributed by atoms with Crippen LogP contribution in [0.5, 0.6) is 0 Å². The van der Waals surface area contributed by atoms with E-state index in [0.29, 0.717) is 6.42 Å². The molecule has 0 aromatic heterocycles. The van der Waals surface area contributed by atoms with Crippen LogP contribution in [0.25, 0.3) is 0 Å². The SMILES string of the molecule is CCOC(=O)NC(Cc1ccccc1)C(=O)OC(C)C. The molecule has 1 amide bonds. The zero-order valence-corrected chi connectivity index (χ0v) is 12.1. The lowest BCUT2D eigenvalue weighted by molar-refractivity contribution is -0.149. The van der Waals surface area contributed by atoms with Gasteiger partial charge in [0.2, 0.25) is 0 Å². The molecule has 0 radical (unpaired) electrons. The summed E-state index contributed by atoms with van der Waals surface area (Å²) in [6.45, 7) is 5.49. The Morgan fingerprint density at radius 1 is 1.20 bits per heavy atom. The number of benzene rings is 1. The second-order valence-corrected chi connectivity index (χ2v) is 4.59. The predicted octanol–water partition coefficient (Wildman–Crippen LogP) is 2.30. The average molecular weight is 279 g/mol. The van der Waals surface area contributed by atoms with Crippen LogP contribution in [0.15, 0.2) is 30.3 Å². The summed E-state index contributed by atoms with van der Waals surface area (Å²) in [4.78, 5) is 23.5. The largest absolute Gasteiger partial charge is 0.461 e. The molecular formula is C15H21NO4. The molecule has 1 unspecified atom stereocenters. The number of alkyl carbamates (subject to hydrolysis) is 1. The quantitative estimate of drug-likeness (QED) is 0.811. The summed E-state index contributed by atoms with van der Waals surface area (Å²) in [5, 5.41) is 2.54. The van der Waals surface area contributed by atoms with Gasteiger partial charge in [0.25, 0.3) is 0 Å². The molecule has 0 aliphatic carbocycles. The van der Waals surface area contributed by atoms with E-state index < -0.39 is 18.1 Å². The van der Waals surface area contributed by atoms with E-state index in [4.69, 9.17) is 9.47 Å². The van der Waals surface area contributed by atoms with Crippen molar-refractivity contribution in [2.45, 2.75) is 39.3 Å². The molecule has 0 fully saturated rings. The Morgan fingerprint density at radius 2 is 1.85 bits per heavy atom. The molecule has 20 heavy (non-hydrogen) atoms. The van der Waals surface area contributed by atoms with Gasteiger partial charge in [0, 0.05) is 6.42 Å².